The third-order valence-electron chi connectivity index (χ3n) is 3.35. The number of nitrogens with one attached hydrogen (secondary N) is 2. The lowest BCUT2D eigenvalue weighted by molar-refractivity contribution is -0.124. The molecule has 0 aliphatic carbocycles. The van der Waals surface area contributed by atoms with Crippen molar-refractivity contribution in [2.24, 2.45) is 0 Å². The molecule has 1 amide bonds. The highest BCUT2D eigenvalue weighted by molar-refractivity contribution is 6.30. The van der Waals surface area contributed by atoms with Gasteiger partial charge in [0.1, 0.15) is 11.9 Å². The number of carbonyl (C=O) groups excluding carboxylic acids is 1. The topological polar surface area (TPSA) is 63.2 Å². The van der Waals surface area contributed by atoms with Crippen LogP contribution in [-0.2, 0) is 9.53 Å². The van der Waals surface area contributed by atoms with Crippen LogP contribution in [0.2, 0.25) is 5.02 Å². The van der Waals surface area contributed by atoms with Crippen molar-refractivity contribution in [3.8, 4) is 0 Å². The molecule has 0 saturated carbocycles. The van der Waals surface area contributed by atoms with Gasteiger partial charge in [-0.2, -0.15) is 0 Å². The maximum atomic E-state index is 11.9. The average molecular weight is 318 g/mol. The van der Waals surface area contributed by atoms with E-state index in [0.29, 0.717) is 17.4 Å². The lowest BCUT2D eigenvalue weighted by Crippen LogP contribution is -2.27. The summed E-state index contributed by atoms with van der Waals surface area (Å²) in [6.07, 6.45) is 2.99. The molecular weight excluding hydrogens is 302 g/mol. The van der Waals surface area contributed by atoms with E-state index in [1.807, 2.05) is 30.3 Å². The van der Waals surface area contributed by atoms with Crippen molar-refractivity contribution < 1.29 is 9.53 Å². The van der Waals surface area contributed by atoms with Crippen LogP contribution >= 0.6 is 11.6 Å². The lowest BCUT2D eigenvalue weighted by Gasteiger charge is -2.11. The van der Waals surface area contributed by atoms with Crippen molar-refractivity contribution in [3.05, 3.63) is 47.6 Å². The Labute approximate surface area is 133 Å². The summed E-state index contributed by atoms with van der Waals surface area (Å²) in [5.74, 6) is 0.373. The zero-order valence-electron chi connectivity index (χ0n) is 11.9. The highest BCUT2D eigenvalue weighted by atomic mass is 35.5. The van der Waals surface area contributed by atoms with Crippen LogP contribution in [0, 0.1) is 0 Å². The second-order valence-corrected chi connectivity index (χ2v) is 5.49. The van der Waals surface area contributed by atoms with E-state index in [4.69, 9.17) is 16.3 Å². The molecule has 6 heteroatoms. The number of halogens is 1. The minimum absolute atomic E-state index is 0.138. The highest BCUT2D eigenvalue weighted by Crippen LogP contribution is 2.20. The zero-order chi connectivity index (χ0) is 15.4. The Morgan fingerprint density at radius 2 is 2.18 bits per heavy atom. The molecule has 22 heavy (non-hydrogen) atoms. The Morgan fingerprint density at radius 3 is 2.86 bits per heavy atom. The van der Waals surface area contributed by atoms with Crippen molar-refractivity contribution in [1.82, 2.24) is 4.98 Å². The lowest BCUT2D eigenvalue weighted by atomic mass is 10.2. The smallest absolute Gasteiger partial charge is 0.254 e. The van der Waals surface area contributed by atoms with Gasteiger partial charge in [-0.25, -0.2) is 4.98 Å². The van der Waals surface area contributed by atoms with Gasteiger partial charge in [-0.05, 0) is 43.2 Å². The first-order valence-electron chi connectivity index (χ1n) is 7.12. The Balaban J connectivity index is 1.61. The van der Waals surface area contributed by atoms with Gasteiger partial charge in [-0.1, -0.05) is 17.7 Å². The number of hydrogen-bond acceptors (Lipinski definition) is 4. The van der Waals surface area contributed by atoms with Crippen LogP contribution in [0.4, 0.5) is 17.2 Å². The van der Waals surface area contributed by atoms with E-state index >= 15 is 0 Å². The first kappa shape index (κ1) is 14.8. The van der Waals surface area contributed by atoms with Crippen LogP contribution < -0.4 is 10.6 Å². The van der Waals surface area contributed by atoms with Gasteiger partial charge >= 0.3 is 0 Å². The number of aromatic nitrogens is 1. The summed E-state index contributed by atoms with van der Waals surface area (Å²) in [5, 5.41) is 6.62. The number of carbonyl (C=O) groups is 1. The van der Waals surface area contributed by atoms with Crippen molar-refractivity contribution in [3.63, 3.8) is 0 Å². The molecule has 2 heterocycles. The van der Waals surface area contributed by atoms with Crippen molar-refractivity contribution in [1.29, 1.82) is 0 Å². The van der Waals surface area contributed by atoms with Crippen LogP contribution in [0.25, 0.3) is 0 Å². The SMILES string of the molecule is O=C(Nc1ccc(Nc2cccc(Cl)c2)cn1)C1CCCO1. The van der Waals surface area contributed by atoms with Crippen LogP contribution in [0.15, 0.2) is 42.6 Å². The van der Waals surface area contributed by atoms with E-state index in [-0.39, 0.29) is 12.0 Å². The number of rotatable bonds is 4. The summed E-state index contributed by atoms with van der Waals surface area (Å²) in [7, 11) is 0. The van der Waals surface area contributed by atoms with E-state index in [1.165, 1.54) is 0 Å². The molecule has 1 aliphatic heterocycles. The van der Waals surface area contributed by atoms with Crippen LogP contribution in [0.3, 0.4) is 0 Å². The molecule has 1 saturated heterocycles. The van der Waals surface area contributed by atoms with Gasteiger partial charge in [0, 0.05) is 17.3 Å². The summed E-state index contributed by atoms with van der Waals surface area (Å²) >= 11 is 5.94. The Kier molecular flexibility index (Phi) is 4.56. The molecule has 1 aromatic heterocycles. The standard InChI is InChI=1S/C16H16ClN3O2/c17-11-3-1-4-12(9-11)19-13-6-7-15(18-10-13)20-16(21)14-5-2-8-22-14/h1,3-4,6-7,9-10,14,19H,2,5,8H2,(H,18,20,21). The maximum Gasteiger partial charge on any atom is 0.254 e. The van der Waals surface area contributed by atoms with Gasteiger partial charge in [-0.3, -0.25) is 4.79 Å². The monoisotopic (exact) mass is 317 g/mol. The molecule has 0 spiro atoms. The second-order valence-electron chi connectivity index (χ2n) is 5.06. The van der Waals surface area contributed by atoms with E-state index in [1.54, 1.807) is 12.3 Å². The molecule has 1 fully saturated rings. The molecule has 3 rings (SSSR count). The molecular formula is C16H16ClN3O2. The van der Waals surface area contributed by atoms with Crippen LogP contribution in [0.5, 0.6) is 0 Å². The fourth-order valence-corrected chi connectivity index (χ4v) is 2.46. The molecule has 1 aromatic carbocycles. The summed E-state index contributed by atoms with van der Waals surface area (Å²) in [6, 6.07) is 11.0. The number of benzene rings is 1. The third kappa shape index (κ3) is 3.75. The predicted octanol–water partition coefficient (Wildman–Crippen LogP) is 3.60. The summed E-state index contributed by atoms with van der Waals surface area (Å²) in [4.78, 5) is 16.1. The van der Waals surface area contributed by atoms with E-state index in [2.05, 4.69) is 15.6 Å². The Morgan fingerprint density at radius 1 is 1.27 bits per heavy atom. The minimum Gasteiger partial charge on any atom is -0.368 e. The minimum atomic E-state index is -0.355. The molecule has 2 aromatic rings. The molecule has 5 nitrogen and oxygen atoms in total. The largest absolute Gasteiger partial charge is 0.368 e. The number of nitrogens with zero attached hydrogens (tertiary/aromatic N) is 1. The molecule has 0 radical (unpaired) electrons. The van der Waals surface area contributed by atoms with Gasteiger partial charge in [-0.15, -0.1) is 0 Å². The number of anilines is 3. The molecule has 1 atom stereocenters. The third-order valence-corrected chi connectivity index (χ3v) is 3.59. The van der Waals surface area contributed by atoms with Crippen LogP contribution in [0.1, 0.15) is 12.8 Å². The number of amides is 1. The summed E-state index contributed by atoms with van der Waals surface area (Å²) < 4.78 is 5.34. The van der Waals surface area contributed by atoms with E-state index in [0.717, 1.165) is 24.2 Å². The molecule has 2 N–H and O–H groups in total. The fraction of sp³-hybridized carbons (Fsp3) is 0.250. The molecule has 1 unspecified atom stereocenters. The first-order valence-corrected chi connectivity index (χ1v) is 7.49. The van der Waals surface area contributed by atoms with Gasteiger partial charge in [0.25, 0.3) is 5.91 Å². The fourth-order valence-electron chi connectivity index (χ4n) is 2.27. The van der Waals surface area contributed by atoms with Crippen molar-refractivity contribution in [2.75, 3.05) is 17.2 Å². The quantitative estimate of drug-likeness (QED) is 0.904. The highest BCUT2D eigenvalue weighted by Gasteiger charge is 2.23. The summed E-state index contributed by atoms with van der Waals surface area (Å²) in [6.45, 7) is 0.647. The second kappa shape index (κ2) is 6.77. The Hall–Kier alpha value is -2.11. The van der Waals surface area contributed by atoms with E-state index < -0.39 is 0 Å². The number of ether oxygens (including phenoxy) is 1. The van der Waals surface area contributed by atoms with E-state index in [9.17, 15) is 4.79 Å². The molecule has 1 aliphatic rings. The normalized spacial score (nSPS) is 17.2. The van der Waals surface area contributed by atoms with Gasteiger partial charge < -0.3 is 15.4 Å². The molecule has 114 valence electrons. The average Bonchev–Trinajstić information content (AvgIpc) is 3.04. The first-order chi connectivity index (χ1) is 10.7. The van der Waals surface area contributed by atoms with Gasteiger partial charge in [0.05, 0.1) is 11.9 Å². The van der Waals surface area contributed by atoms with Gasteiger partial charge in [0.15, 0.2) is 0 Å². The van der Waals surface area contributed by atoms with Gasteiger partial charge in [0.2, 0.25) is 0 Å². The predicted molar refractivity (Wildman–Crippen MR) is 86.6 cm³/mol. The van der Waals surface area contributed by atoms with Crippen molar-refractivity contribution >= 4 is 34.7 Å². The Bertz CT molecular complexity index is 655. The number of hydrogen-bond donors (Lipinski definition) is 2. The zero-order valence-corrected chi connectivity index (χ0v) is 12.6. The van der Waals surface area contributed by atoms with Crippen LogP contribution in [-0.4, -0.2) is 23.6 Å². The maximum absolute atomic E-state index is 11.9. The molecule has 0 bridgehead atoms. The van der Waals surface area contributed by atoms with Crippen molar-refractivity contribution in [2.45, 2.75) is 18.9 Å². The number of pyridine rings is 1. The summed E-state index contributed by atoms with van der Waals surface area (Å²) in [5.41, 5.74) is 1.70.